The van der Waals surface area contributed by atoms with E-state index in [4.69, 9.17) is 5.11 Å². The van der Waals surface area contributed by atoms with Crippen LogP contribution >= 0.6 is 0 Å². The topological polar surface area (TPSA) is 92.7 Å². The summed E-state index contributed by atoms with van der Waals surface area (Å²) in [5.74, 6) is -2.58. The first-order chi connectivity index (χ1) is 8.00. The molecule has 0 aliphatic carbocycles. The van der Waals surface area contributed by atoms with E-state index in [-0.39, 0.29) is 15.8 Å². The molecule has 17 heavy (non-hydrogen) atoms. The van der Waals surface area contributed by atoms with Gasteiger partial charge in [-0.25, -0.2) is 14.0 Å². The molecule has 2 rings (SSSR count). The summed E-state index contributed by atoms with van der Waals surface area (Å²) in [6.07, 6.45) is -1.60. The Labute approximate surface area is 93.2 Å². The van der Waals surface area contributed by atoms with Crippen LogP contribution in [0, 0.1) is 5.82 Å². The van der Waals surface area contributed by atoms with Gasteiger partial charge in [-0.3, -0.25) is 0 Å². The molecule has 0 amide bonds. The fourth-order valence-electron chi connectivity index (χ4n) is 1.40. The van der Waals surface area contributed by atoms with Crippen molar-refractivity contribution in [3.05, 3.63) is 40.6 Å². The maximum absolute atomic E-state index is 12.7. The van der Waals surface area contributed by atoms with E-state index in [0.717, 1.165) is 12.1 Å². The summed E-state index contributed by atoms with van der Waals surface area (Å²) in [6.45, 7) is 0. The zero-order valence-corrected chi connectivity index (χ0v) is 8.25. The van der Waals surface area contributed by atoms with Crippen molar-refractivity contribution in [1.82, 2.24) is 4.57 Å². The third-order valence-electron chi connectivity index (χ3n) is 2.10. The Morgan fingerprint density at radius 3 is 2.41 bits per heavy atom. The van der Waals surface area contributed by atoms with Crippen LogP contribution in [-0.2, 0) is 0 Å². The van der Waals surface area contributed by atoms with Gasteiger partial charge in [-0.15, -0.1) is 0 Å². The van der Waals surface area contributed by atoms with Crippen molar-refractivity contribution < 1.29 is 23.8 Å². The monoisotopic (exact) mass is 239 g/mol. The first kappa shape index (κ1) is 10.9. The molecule has 1 aromatic carbocycles. The van der Waals surface area contributed by atoms with E-state index >= 15 is 0 Å². The minimum atomic E-state index is -1.60. The number of nitrogens with zero attached hydrogens (tertiary/aromatic N) is 1. The molecule has 7 heteroatoms. The van der Waals surface area contributed by atoms with E-state index in [0.29, 0.717) is 0 Å². The van der Waals surface area contributed by atoms with Crippen LogP contribution in [0.25, 0.3) is 11.3 Å². The number of hydrogen-bond donors (Lipinski definition) is 2. The summed E-state index contributed by atoms with van der Waals surface area (Å²) in [5, 5.41) is 18.1. The molecule has 2 N–H and O–H groups in total. The molecule has 0 atom stereocenters. The molecule has 0 unspecified atom stereocenters. The van der Waals surface area contributed by atoms with Crippen LogP contribution in [0.5, 0.6) is 5.95 Å². The van der Waals surface area contributed by atoms with Gasteiger partial charge in [0.05, 0.1) is 0 Å². The molecule has 0 saturated heterocycles. The lowest BCUT2D eigenvalue weighted by molar-refractivity contribution is 0.194. The van der Waals surface area contributed by atoms with E-state index in [1.165, 1.54) is 12.1 Å². The number of carbonyl (C=O) groups is 1. The van der Waals surface area contributed by atoms with Crippen molar-refractivity contribution >= 4 is 6.09 Å². The van der Waals surface area contributed by atoms with Gasteiger partial charge >= 0.3 is 17.8 Å². The van der Waals surface area contributed by atoms with Gasteiger partial charge in [-0.2, -0.15) is 4.57 Å². The summed E-state index contributed by atoms with van der Waals surface area (Å²) in [4.78, 5) is 21.9. The van der Waals surface area contributed by atoms with Gasteiger partial charge in [0.1, 0.15) is 11.5 Å². The molecule has 0 fully saturated rings. The van der Waals surface area contributed by atoms with Gasteiger partial charge < -0.3 is 14.6 Å². The molecule has 2 aromatic rings. The van der Waals surface area contributed by atoms with Gasteiger partial charge in [0.25, 0.3) is 0 Å². The molecular weight excluding hydrogens is 233 g/mol. The van der Waals surface area contributed by atoms with Crippen LogP contribution in [0.2, 0.25) is 0 Å². The number of rotatable bonds is 1. The third-order valence-corrected chi connectivity index (χ3v) is 2.10. The second-order valence-electron chi connectivity index (χ2n) is 3.15. The van der Waals surface area contributed by atoms with Crippen LogP contribution in [0.4, 0.5) is 9.18 Å². The number of oxazole rings is 1. The zero-order valence-electron chi connectivity index (χ0n) is 8.25. The summed E-state index contributed by atoms with van der Waals surface area (Å²) in [5.41, 5.74) is -0.181. The summed E-state index contributed by atoms with van der Waals surface area (Å²) >= 11 is 0. The van der Waals surface area contributed by atoms with Crippen molar-refractivity contribution in [1.29, 1.82) is 0 Å². The Bertz CT molecular complexity index is 625. The molecule has 0 bridgehead atoms. The highest BCUT2D eigenvalue weighted by Crippen LogP contribution is 2.27. The van der Waals surface area contributed by atoms with Crippen LogP contribution in [0.15, 0.2) is 33.5 Å². The highest BCUT2D eigenvalue weighted by molar-refractivity contribution is 5.78. The fraction of sp³-hybridized carbons (Fsp3) is 0. The standard InChI is InChI=1S/C10H6FNO5/c11-6-3-1-5(2-4-6)7-8(13)17-10(16)12(7)9(14)15/h1-4,13H,(H,14,15). The Hall–Kier alpha value is -2.57. The first-order valence-corrected chi connectivity index (χ1v) is 4.44. The first-order valence-electron chi connectivity index (χ1n) is 4.44. The van der Waals surface area contributed by atoms with Gasteiger partial charge in [0, 0.05) is 5.56 Å². The lowest BCUT2D eigenvalue weighted by Crippen LogP contribution is -2.22. The number of halogens is 1. The Kier molecular flexibility index (Phi) is 2.43. The van der Waals surface area contributed by atoms with Gasteiger partial charge in [0.2, 0.25) is 0 Å². The van der Waals surface area contributed by atoms with Crippen molar-refractivity contribution in [2.45, 2.75) is 0 Å². The summed E-state index contributed by atoms with van der Waals surface area (Å²) < 4.78 is 17.2. The van der Waals surface area contributed by atoms with Gasteiger partial charge in [0.15, 0.2) is 0 Å². The summed E-state index contributed by atoms with van der Waals surface area (Å²) in [6, 6.07) is 4.58. The molecule has 0 aliphatic rings. The van der Waals surface area contributed by atoms with Crippen LogP contribution in [-0.4, -0.2) is 20.9 Å². The average Bonchev–Trinajstić information content (AvgIpc) is 2.55. The smallest absolute Gasteiger partial charge is 0.432 e. The zero-order chi connectivity index (χ0) is 12.6. The molecule has 88 valence electrons. The molecule has 0 spiro atoms. The minimum Gasteiger partial charge on any atom is -0.479 e. The minimum absolute atomic E-state index is 0.150. The number of benzene rings is 1. The molecule has 0 saturated carbocycles. The maximum atomic E-state index is 12.7. The molecule has 6 nitrogen and oxygen atoms in total. The van der Waals surface area contributed by atoms with Crippen LogP contribution in [0.1, 0.15) is 0 Å². The maximum Gasteiger partial charge on any atom is 0.432 e. The predicted molar refractivity (Wildman–Crippen MR) is 53.4 cm³/mol. The van der Waals surface area contributed by atoms with Gasteiger partial charge in [-0.1, -0.05) is 0 Å². The quantitative estimate of drug-likeness (QED) is 0.786. The molecular formula is C10H6FNO5. The Morgan fingerprint density at radius 2 is 1.88 bits per heavy atom. The van der Waals surface area contributed by atoms with Crippen molar-refractivity contribution in [2.24, 2.45) is 0 Å². The normalized spacial score (nSPS) is 10.4. The lowest BCUT2D eigenvalue weighted by Gasteiger charge is -2.01. The van der Waals surface area contributed by atoms with E-state index < -0.39 is 23.6 Å². The van der Waals surface area contributed by atoms with Crippen molar-refractivity contribution in [3.8, 4) is 17.2 Å². The predicted octanol–water partition coefficient (Wildman–Crippen LogP) is 1.48. The van der Waals surface area contributed by atoms with E-state index in [1.807, 2.05) is 0 Å². The Morgan fingerprint density at radius 1 is 1.29 bits per heavy atom. The van der Waals surface area contributed by atoms with Crippen molar-refractivity contribution in [2.75, 3.05) is 0 Å². The summed E-state index contributed by atoms with van der Waals surface area (Å²) in [7, 11) is 0. The fourth-order valence-corrected chi connectivity index (χ4v) is 1.40. The second-order valence-corrected chi connectivity index (χ2v) is 3.15. The highest BCUT2D eigenvalue weighted by Gasteiger charge is 2.22. The number of aromatic hydroxyl groups is 1. The second kappa shape index (κ2) is 3.78. The van der Waals surface area contributed by atoms with E-state index in [1.54, 1.807) is 0 Å². The number of hydrogen-bond acceptors (Lipinski definition) is 4. The van der Waals surface area contributed by atoms with Gasteiger partial charge in [-0.05, 0) is 24.3 Å². The molecule has 1 aromatic heterocycles. The molecule has 1 heterocycles. The average molecular weight is 239 g/mol. The van der Waals surface area contributed by atoms with Crippen LogP contribution < -0.4 is 5.76 Å². The van der Waals surface area contributed by atoms with E-state index in [2.05, 4.69) is 4.42 Å². The lowest BCUT2D eigenvalue weighted by atomic mass is 10.1. The number of aromatic nitrogens is 1. The molecule has 0 aliphatic heterocycles. The van der Waals surface area contributed by atoms with Crippen molar-refractivity contribution in [3.63, 3.8) is 0 Å². The largest absolute Gasteiger partial charge is 0.479 e. The highest BCUT2D eigenvalue weighted by atomic mass is 19.1. The van der Waals surface area contributed by atoms with Crippen LogP contribution in [0.3, 0.4) is 0 Å². The number of carboxylic acid groups (broad SMARTS) is 1. The van der Waals surface area contributed by atoms with E-state index in [9.17, 15) is 19.1 Å². The SMILES string of the molecule is O=C(O)n1c(-c2ccc(F)cc2)c(O)oc1=O. The third kappa shape index (κ3) is 1.78. The molecule has 0 radical (unpaired) electrons. The Balaban J connectivity index is 2.70.